The van der Waals surface area contributed by atoms with Crippen LogP contribution in [0, 0.1) is 0 Å². The van der Waals surface area contributed by atoms with E-state index in [1.807, 2.05) is 18.2 Å². The van der Waals surface area contributed by atoms with Crippen LogP contribution in [0.2, 0.25) is 0 Å². The van der Waals surface area contributed by atoms with Gasteiger partial charge in [0.2, 0.25) is 0 Å². The zero-order valence-corrected chi connectivity index (χ0v) is 23.5. The van der Waals surface area contributed by atoms with Crippen molar-refractivity contribution in [3.05, 3.63) is 59.7 Å². The van der Waals surface area contributed by atoms with Crippen LogP contribution in [0.25, 0.3) is 0 Å². The summed E-state index contributed by atoms with van der Waals surface area (Å²) in [7, 11) is -5.03. The van der Waals surface area contributed by atoms with E-state index in [0.29, 0.717) is 19.5 Å². The van der Waals surface area contributed by atoms with E-state index in [2.05, 4.69) is 44.7 Å². The molecule has 0 fully saturated rings. The number of carbonyl (C=O) groups excluding carboxylic acids is 1. The number of fused-ring (bicyclic) bond motifs is 2. The Morgan fingerprint density at radius 3 is 2.50 bits per heavy atom. The fraction of sp³-hybridized carbons (Fsp3) is 0.519. The number of nitrogens with zero attached hydrogens (tertiary/aromatic N) is 1. The smallest absolute Gasteiger partial charge is 0.269 e. The predicted octanol–water partition coefficient (Wildman–Crippen LogP) is 4.89. The van der Waals surface area contributed by atoms with Crippen molar-refractivity contribution in [3.8, 4) is 5.75 Å². The van der Waals surface area contributed by atoms with Gasteiger partial charge in [0, 0.05) is 29.8 Å². The fourth-order valence-corrected chi connectivity index (χ4v) is 6.98. The molecule has 2 atom stereocenters. The number of para-hydroxylation sites is 1. The van der Waals surface area contributed by atoms with Crippen molar-refractivity contribution in [3.63, 3.8) is 0 Å². The van der Waals surface area contributed by atoms with Gasteiger partial charge in [0.25, 0.3) is 15.9 Å². The summed E-state index contributed by atoms with van der Waals surface area (Å²) in [4.78, 5) is 12.6. The average Bonchev–Trinajstić information content (AvgIpc) is 3.01. The minimum Gasteiger partial charge on any atom is -0.489 e. The van der Waals surface area contributed by atoms with Crippen LogP contribution in [0.4, 0.5) is 0 Å². The first-order valence-electron chi connectivity index (χ1n) is 12.5. The Labute approximate surface area is 217 Å². The molecular weight excluding hydrogens is 496 g/mol. The molecule has 4 rings (SSSR count). The van der Waals surface area contributed by atoms with Gasteiger partial charge in [0.1, 0.15) is 22.9 Å². The number of hydrogen-bond donors (Lipinski definition) is 1. The van der Waals surface area contributed by atoms with E-state index in [-0.39, 0.29) is 34.0 Å². The summed E-state index contributed by atoms with van der Waals surface area (Å²) in [5.74, 6) is 0.446. The van der Waals surface area contributed by atoms with Crippen molar-refractivity contribution in [2.75, 3.05) is 32.1 Å². The van der Waals surface area contributed by atoms with Crippen molar-refractivity contribution < 1.29 is 22.1 Å². The number of benzene rings is 2. The van der Waals surface area contributed by atoms with E-state index in [1.165, 1.54) is 6.07 Å². The predicted molar refractivity (Wildman–Crippen MR) is 145 cm³/mol. The fourth-order valence-electron chi connectivity index (χ4n) is 4.32. The van der Waals surface area contributed by atoms with E-state index in [9.17, 15) is 13.2 Å². The van der Waals surface area contributed by atoms with Crippen LogP contribution in [-0.4, -0.2) is 61.6 Å². The van der Waals surface area contributed by atoms with Crippen LogP contribution in [0.15, 0.2) is 53.4 Å². The first-order valence-corrected chi connectivity index (χ1v) is 16.3. The molecule has 2 unspecified atom stereocenters. The summed E-state index contributed by atoms with van der Waals surface area (Å²) in [6.07, 6.45) is 6.53. The number of unbranched alkanes of at least 4 members (excludes halogenated alkanes) is 1. The summed E-state index contributed by atoms with van der Waals surface area (Å²) in [6.45, 7) is 8.25. The zero-order chi connectivity index (χ0) is 26.1. The van der Waals surface area contributed by atoms with Crippen molar-refractivity contribution >= 4 is 26.2 Å². The highest BCUT2D eigenvalue weighted by molar-refractivity contribution is 8.29. The van der Waals surface area contributed by atoms with Crippen LogP contribution in [0.3, 0.4) is 0 Å². The highest BCUT2D eigenvalue weighted by Gasteiger charge is 2.40. The molecule has 1 N–H and O–H groups in total. The number of ether oxygens (including phenoxy) is 1. The molecule has 0 saturated carbocycles. The average molecular weight is 535 g/mol. The van der Waals surface area contributed by atoms with E-state index in [0.717, 1.165) is 28.5 Å². The van der Waals surface area contributed by atoms with E-state index in [1.54, 1.807) is 18.2 Å². The van der Waals surface area contributed by atoms with E-state index in [4.69, 9.17) is 8.92 Å². The van der Waals surface area contributed by atoms with Gasteiger partial charge < -0.3 is 14.2 Å². The summed E-state index contributed by atoms with van der Waals surface area (Å²) < 4.78 is 39.4. The maximum atomic E-state index is 12.7. The Morgan fingerprint density at radius 1 is 1.08 bits per heavy atom. The largest absolute Gasteiger partial charge is 0.489 e. The van der Waals surface area contributed by atoms with E-state index < -0.39 is 26.2 Å². The molecule has 0 saturated heterocycles. The zero-order valence-electron chi connectivity index (χ0n) is 21.8. The Bertz CT molecular complexity index is 1210. The molecule has 2 aliphatic heterocycles. The maximum Gasteiger partial charge on any atom is 0.269 e. The van der Waals surface area contributed by atoms with Crippen LogP contribution in [0.5, 0.6) is 5.75 Å². The molecule has 0 aliphatic carbocycles. The molecule has 0 spiro atoms. The molecule has 36 heavy (non-hydrogen) atoms. The van der Waals surface area contributed by atoms with Gasteiger partial charge in [-0.2, -0.15) is 0 Å². The Balaban J connectivity index is 1.27. The number of amides is 1. The minimum atomic E-state index is -3.73. The lowest BCUT2D eigenvalue weighted by molar-refractivity contribution is 0.0869. The first kappa shape index (κ1) is 27.0. The van der Waals surface area contributed by atoms with Crippen molar-refractivity contribution in [1.82, 2.24) is 9.62 Å². The monoisotopic (exact) mass is 534 g/mol. The molecular formula is C27H38N2O5S2. The normalized spacial score (nSPS) is 21.6. The molecule has 1 amide bonds. The lowest BCUT2D eigenvalue weighted by Gasteiger charge is -2.47. The summed E-state index contributed by atoms with van der Waals surface area (Å²) in [5.41, 5.74) is 1.37. The van der Waals surface area contributed by atoms with Gasteiger partial charge >= 0.3 is 0 Å². The molecule has 198 valence electrons. The second-order valence-electron chi connectivity index (χ2n) is 10.7. The molecule has 0 aromatic heterocycles. The third-order valence-electron chi connectivity index (χ3n) is 7.12. The molecule has 2 aromatic rings. The number of sulfonamides is 1. The second kappa shape index (κ2) is 10.4. The molecule has 0 bridgehead atoms. The van der Waals surface area contributed by atoms with Gasteiger partial charge in [-0.05, 0) is 50.1 Å². The second-order valence-corrected chi connectivity index (χ2v) is 16.4. The Morgan fingerprint density at radius 2 is 1.78 bits per heavy atom. The minimum absolute atomic E-state index is 0.0148. The number of rotatable bonds is 9. The Kier molecular flexibility index (Phi) is 7.76. The lowest BCUT2D eigenvalue weighted by Crippen LogP contribution is -2.38. The third-order valence-corrected chi connectivity index (χ3v) is 12.6. The highest BCUT2D eigenvalue weighted by atomic mass is 32.3. The van der Waals surface area contributed by atoms with Gasteiger partial charge in [0.15, 0.2) is 0 Å². The Hall–Kier alpha value is -2.07. The number of hydrogen-bond acceptors (Lipinski definition) is 6. The van der Waals surface area contributed by atoms with Crippen molar-refractivity contribution in [2.45, 2.75) is 61.9 Å². The lowest BCUT2D eigenvalue weighted by atomic mass is 9.99. The molecule has 9 heteroatoms. The molecule has 0 radical (unpaired) electrons. The summed E-state index contributed by atoms with van der Waals surface area (Å²) >= 11 is 0. The van der Waals surface area contributed by atoms with Crippen molar-refractivity contribution in [2.24, 2.45) is 0 Å². The van der Waals surface area contributed by atoms with E-state index >= 15 is 0 Å². The number of carbonyl (C=O) groups is 1. The van der Waals surface area contributed by atoms with Gasteiger partial charge in [-0.3, -0.25) is 4.79 Å². The van der Waals surface area contributed by atoms with Crippen LogP contribution in [0.1, 0.15) is 62.1 Å². The third kappa shape index (κ3) is 5.44. The SMILES string of the molecule is CC(C)(C)S(C)(C)OC1CC(CNCCCCN2C(=O)c3ccccc3S2(=O)=O)Oc2ccccc21. The van der Waals surface area contributed by atoms with Crippen molar-refractivity contribution in [1.29, 1.82) is 0 Å². The highest BCUT2D eigenvalue weighted by Crippen LogP contribution is 2.58. The molecule has 2 aromatic carbocycles. The maximum absolute atomic E-state index is 12.7. The van der Waals surface area contributed by atoms with Crippen LogP contribution < -0.4 is 10.1 Å². The molecule has 2 heterocycles. The van der Waals surface area contributed by atoms with Gasteiger partial charge in [-0.25, -0.2) is 12.7 Å². The molecule has 2 aliphatic rings. The van der Waals surface area contributed by atoms with Gasteiger partial charge in [-0.1, -0.05) is 51.1 Å². The quantitative estimate of drug-likeness (QED) is 0.461. The summed E-state index contributed by atoms with van der Waals surface area (Å²) in [6, 6.07) is 14.5. The van der Waals surface area contributed by atoms with Crippen LogP contribution >= 0.6 is 10.3 Å². The standard InChI is InChI=1S/C27H38N2O5S2/c1-27(2,3)35(4,5)34-24-18-20(33-23-14-8-6-12-21(23)24)19-28-16-10-11-17-29-26(30)22-13-7-9-15-25(22)36(29,31)32/h6-9,12-15,20,24,28H,10-11,16-19H2,1-5H3. The molecule has 7 nitrogen and oxygen atoms in total. The van der Waals surface area contributed by atoms with Gasteiger partial charge in [0.05, 0.1) is 5.56 Å². The van der Waals surface area contributed by atoms with Crippen LogP contribution in [-0.2, 0) is 14.2 Å². The van der Waals surface area contributed by atoms with Gasteiger partial charge in [-0.15, -0.1) is 10.3 Å². The number of nitrogens with one attached hydrogen (secondary N) is 1. The first-order chi connectivity index (χ1) is 16.9. The summed E-state index contributed by atoms with van der Waals surface area (Å²) in [5, 5.41) is 3.45. The topological polar surface area (TPSA) is 84.9 Å².